The van der Waals surface area contributed by atoms with Crippen LogP contribution in [0.15, 0.2) is 36.4 Å². The Kier molecular flexibility index (Phi) is 5.92. The summed E-state index contributed by atoms with van der Waals surface area (Å²) in [6.45, 7) is 7.50. The standard InChI is InChI=1S/C23H29N3O2S/c1-16-5-4-6-20(17(16)2)24-23(29)26(19-9-11-25(3)12-10-19)14-18-7-8-21-22(13-18)28-15-27-21/h4-8,13,19H,9-12,14-15H2,1-3H3,(H,24,29). The van der Waals surface area contributed by atoms with Crippen LogP contribution in [0, 0.1) is 13.8 Å². The molecule has 0 spiro atoms. The molecule has 2 aromatic rings. The Morgan fingerprint density at radius 1 is 1.14 bits per heavy atom. The van der Waals surface area contributed by atoms with Crippen molar-refractivity contribution in [3.05, 3.63) is 53.1 Å². The highest BCUT2D eigenvalue weighted by Crippen LogP contribution is 2.33. The predicted octanol–water partition coefficient (Wildman–Crippen LogP) is 4.33. The van der Waals surface area contributed by atoms with E-state index < -0.39 is 0 Å². The first kappa shape index (κ1) is 20.0. The van der Waals surface area contributed by atoms with Crippen molar-refractivity contribution in [2.75, 3.05) is 32.2 Å². The molecule has 4 rings (SSSR count). The minimum absolute atomic E-state index is 0.296. The topological polar surface area (TPSA) is 37.0 Å². The van der Waals surface area contributed by atoms with Gasteiger partial charge in [-0.25, -0.2) is 0 Å². The van der Waals surface area contributed by atoms with Crippen molar-refractivity contribution in [2.45, 2.75) is 39.3 Å². The molecule has 2 aromatic carbocycles. The monoisotopic (exact) mass is 411 g/mol. The summed E-state index contributed by atoms with van der Waals surface area (Å²) in [5.74, 6) is 1.63. The largest absolute Gasteiger partial charge is 0.454 e. The number of benzene rings is 2. The zero-order chi connectivity index (χ0) is 20.4. The van der Waals surface area contributed by atoms with Crippen LogP contribution < -0.4 is 14.8 Å². The number of rotatable bonds is 4. The molecule has 5 nitrogen and oxygen atoms in total. The normalized spacial score (nSPS) is 16.7. The van der Waals surface area contributed by atoms with Gasteiger partial charge in [-0.05, 0) is 93.9 Å². The van der Waals surface area contributed by atoms with Gasteiger partial charge >= 0.3 is 0 Å². The van der Waals surface area contributed by atoms with Gasteiger partial charge in [0.25, 0.3) is 0 Å². The lowest BCUT2D eigenvalue weighted by molar-refractivity contribution is 0.172. The number of aryl methyl sites for hydroxylation is 1. The summed E-state index contributed by atoms with van der Waals surface area (Å²) >= 11 is 5.91. The maximum absolute atomic E-state index is 5.91. The highest BCUT2D eigenvalue weighted by molar-refractivity contribution is 7.80. The van der Waals surface area contributed by atoms with E-state index in [-0.39, 0.29) is 0 Å². The lowest BCUT2D eigenvalue weighted by Gasteiger charge is -2.39. The fourth-order valence-corrected chi connectivity index (χ4v) is 4.31. The zero-order valence-corrected chi connectivity index (χ0v) is 18.2. The van der Waals surface area contributed by atoms with Crippen LogP contribution >= 0.6 is 12.2 Å². The second kappa shape index (κ2) is 8.59. The summed E-state index contributed by atoms with van der Waals surface area (Å²) in [6.07, 6.45) is 2.21. The Bertz CT molecular complexity index is 894. The van der Waals surface area contributed by atoms with Gasteiger partial charge in [-0.1, -0.05) is 18.2 Å². The van der Waals surface area contributed by atoms with E-state index in [2.05, 4.69) is 66.3 Å². The maximum Gasteiger partial charge on any atom is 0.231 e. The Morgan fingerprint density at radius 3 is 2.69 bits per heavy atom. The average Bonchev–Trinajstić information content (AvgIpc) is 3.18. The quantitative estimate of drug-likeness (QED) is 0.755. The number of fused-ring (bicyclic) bond motifs is 1. The van der Waals surface area contributed by atoms with E-state index in [1.807, 2.05) is 6.07 Å². The van der Waals surface area contributed by atoms with Gasteiger partial charge in [0.15, 0.2) is 16.6 Å². The van der Waals surface area contributed by atoms with Crippen LogP contribution in [0.3, 0.4) is 0 Å². The Labute approximate surface area is 178 Å². The van der Waals surface area contributed by atoms with Gasteiger partial charge in [-0.3, -0.25) is 0 Å². The Hall–Kier alpha value is -2.31. The SMILES string of the molecule is Cc1cccc(NC(=S)N(Cc2ccc3c(c2)OCO3)C2CCN(C)CC2)c1C. The lowest BCUT2D eigenvalue weighted by Crippen LogP contribution is -2.47. The number of piperidine rings is 1. The minimum atomic E-state index is 0.296. The number of hydrogen-bond acceptors (Lipinski definition) is 4. The number of ether oxygens (including phenoxy) is 2. The van der Waals surface area contributed by atoms with Crippen molar-refractivity contribution in [1.29, 1.82) is 0 Å². The van der Waals surface area contributed by atoms with Crippen molar-refractivity contribution in [1.82, 2.24) is 9.80 Å². The number of likely N-dealkylation sites (tertiary alicyclic amines) is 1. The maximum atomic E-state index is 5.91. The minimum Gasteiger partial charge on any atom is -0.454 e. The molecule has 1 fully saturated rings. The van der Waals surface area contributed by atoms with Crippen molar-refractivity contribution < 1.29 is 9.47 Å². The highest BCUT2D eigenvalue weighted by atomic mass is 32.1. The smallest absolute Gasteiger partial charge is 0.231 e. The van der Waals surface area contributed by atoms with Crippen molar-refractivity contribution in [3.63, 3.8) is 0 Å². The van der Waals surface area contributed by atoms with Gasteiger partial charge in [0, 0.05) is 18.3 Å². The summed E-state index contributed by atoms with van der Waals surface area (Å²) in [6, 6.07) is 12.9. The third kappa shape index (κ3) is 4.49. The number of thiocarbonyl (C=S) groups is 1. The molecule has 0 aliphatic carbocycles. The van der Waals surface area contributed by atoms with Crippen LogP contribution in [0.2, 0.25) is 0 Å². The van der Waals surface area contributed by atoms with Gasteiger partial charge in [0.1, 0.15) is 0 Å². The summed E-state index contributed by atoms with van der Waals surface area (Å²) in [4.78, 5) is 4.73. The van der Waals surface area contributed by atoms with E-state index in [1.165, 1.54) is 16.7 Å². The molecule has 0 radical (unpaired) electrons. The van der Waals surface area contributed by atoms with Crippen molar-refractivity contribution in [2.24, 2.45) is 0 Å². The average molecular weight is 412 g/mol. The van der Waals surface area contributed by atoms with Crippen LogP contribution in [0.1, 0.15) is 29.5 Å². The second-order valence-corrected chi connectivity index (χ2v) is 8.41. The lowest BCUT2D eigenvalue weighted by atomic mass is 10.0. The van der Waals surface area contributed by atoms with Gasteiger partial charge in [-0.2, -0.15) is 0 Å². The van der Waals surface area contributed by atoms with E-state index in [9.17, 15) is 0 Å². The van der Waals surface area contributed by atoms with Crippen molar-refractivity contribution >= 4 is 23.0 Å². The Morgan fingerprint density at radius 2 is 1.90 bits per heavy atom. The molecule has 1 N–H and O–H groups in total. The van der Waals surface area contributed by atoms with E-state index in [0.717, 1.165) is 54.8 Å². The summed E-state index contributed by atoms with van der Waals surface area (Å²) in [5.41, 5.74) is 4.76. The molecule has 0 saturated carbocycles. The molecule has 154 valence electrons. The summed E-state index contributed by atoms with van der Waals surface area (Å²) in [5, 5.41) is 4.30. The van der Waals surface area contributed by atoms with Crippen molar-refractivity contribution in [3.8, 4) is 11.5 Å². The van der Waals surface area contributed by atoms with Crippen LogP contribution in [0.5, 0.6) is 11.5 Å². The van der Waals surface area contributed by atoms with Crippen LogP contribution in [-0.2, 0) is 6.54 Å². The van der Waals surface area contributed by atoms with Crippen LogP contribution in [0.25, 0.3) is 0 Å². The first-order chi connectivity index (χ1) is 14.0. The number of anilines is 1. The molecule has 0 unspecified atom stereocenters. The molecule has 1 saturated heterocycles. The fraction of sp³-hybridized carbons (Fsp3) is 0.435. The molecular weight excluding hydrogens is 382 g/mol. The van der Waals surface area contributed by atoms with Gasteiger partial charge in [0.2, 0.25) is 6.79 Å². The van der Waals surface area contributed by atoms with Crippen LogP contribution in [-0.4, -0.2) is 47.9 Å². The Balaban J connectivity index is 1.56. The first-order valence-corrected chi connectivity index (χ1v) is 10.6. The molecule has 0 bridgehead atoms. The van der Waals surface area contributed by atoms with E-state index >= 15 is 0 Å². The third-order valence-corrected chi connectivity index (χ3v) is 6.36. The third-order valence-electron chi connectivity index (χ3n) is 6.03. The van der Waals surface area contributed by atoms with Crippen LogP contribution in [0.4, 0.5) is 5.69 Å². The molecule has 2 aliphatic rings. The van der Waals surface area contributed by atoms with Gasteiger partial charge < -0.3 is 24.6 Å². The zero-order valence-electron chi connectivity index (χ0n) is 17.4. The molecule has 6 heteroatoms. The molecule has 2 heterocycles. The van der Waals surface area contributed by atoms with E-state index in [4.69, 9.17) is 21.7 Å². The molecule has 29 heavy (non-hydrogen) atoms. The molecular formula is C23H29N3O2S. The first-order valence-electron chi connectivity index (χ1n) is 10.2. The molecule has 2 aliphatic heterocycles. The summed E-state index contributed by atoms with van der Waals surface area (Å²) < 4.78 is 11.0. The van der Waals surface area contributed by atoms with E-state index in [0.29, 0.717) is 12.8 Å². The van der Waals surface area contributed by atoms with E-state index in [1.54, 1.807) is 0 Å². The molecule has 0 atom stereocenters. The molecule has 0 aromatic heterocycles. The second-order valence-electron chi connectivity index (χ2n) is 8.03. The van der Waals surface area contributed by atoms with Gasteiger partial charge in [-0.15, -0.1) is 0 Å². The predicted molar refractivity (Wildman–Crippen MR) is 121 cm³/mol. The molecule has 0 amide bonds. The summed E-state index contributed by atoms with van der Waals surface area (Å²) in [7, 11) is 2.19. The fourth-order valence-electron chi connectivity index (χ4n) is 3.98. The number of nitrogens with one attached hydrogen (secondary N) is 1. The highest BCUT2D eigenvalue weighted by Gasteiger charge is 2.26. The number of nitrogens with zero attached hydrogens (tertiary/aromatic N) is 2. The van der Waals surface area contributed by atoms with Gasteiger partial charge in [0.05, 0.1) is 0 Å². The number of hydrogen-bond donors (Lipinski definition) is 1.